The molecule has 0 fully saturated rings. The van der Waals surface area contributed by atoms with Crippen molar-refractivity contribution in [2.24, 2.45) is 0 Å². The predicted octanol–water partition coefficient (Wildman–Crippen LogP) is 1.13. The second-order valence-electron chi connectivity index (χ2n) is 1.98. The fourth-order valence-electron chi connectivity index (χ4n) is 0.378. The smallest absolute Gasteiger partial charge is 0.454 e. The normalized spacial score (nSPS) is 16.3. The van der Waals surface area contributed by atoms with Gasteiger partial charge in [0.25, 0.3) is 0 Å². The fraction of sp³-hybridized carbons (Fsp3) is 0.600. The number of hydrogen-bond acceptors (Lipinski definition) is 4. The highest BCUT2D eigenvalue weighted by atomic mass is 31.2. The minimum absolute atomic E-state index is 2.15. The minimum atomic E-state index is -6.51. The SMILES string of the molecule is C=C.O=P([O-])([O-])OC(F)(C(F)F)C(F)(F)F. The number of alkyl halides is 6. The average Bonchev–Trinajstić information content (AvgIpc) is 2.02. The first kappa shape index (κ1) is 17.8. The molecule has 0 N–H and O–H groups in total. The first-order valence-corrected chi connectivity index (χ1v) is 4.63. The van der Waals surface area contributed by atoms with E-state index in [0.717, 1.165) is 0 Å². The van der Waals surface area contributed by atoms with Gasteiger partial charge in [-0.05, 0) is 0 Å². The van der Waals surface area contributed by atoms with Crippen LogP contribution >= 0.6 is 7.82 Å². The molecular weight excluding hydrogens is 269 g/mol. The van der Waals surface area contributed by atoms with Crippen molar-refractivity contribution < 1.29 is 45.2 Å². The van der Waals surface area contributed by atoms with E-state index >= 15 is 0 Å². The maximum Gasteiger partial charge on any atom is 0.454 e. The van der Waals surface area contributed by atoms with Gasteiger partial charge in [-0.15, -0.1) is 13.2 Å². The largest absolute Gasteiger partial charge is 0.790 e. The van der Waals surface area contributed by atoms with Crippen LogP contribution in [0, 0.1) is 0 Å². The van der Waals surface area contributed by atoms with E-state index in [9.17, 15) is 40.7 Å². The summed E-state index contributed by atoms with van der Waals surface area (Å²) in [5.41, 5.74) is 0. The molecule has 0 rings (SSSR count). The summed E-state index contributed by atoms with van der Waals surface area (Å²) in [6.45, 7) is 6.00. The summed E-state index contributed by atoms with van der Waals surface area (Å²) in [6, 6.07) is 0. The summed E-state index contributed by atoms with van der Waals surface area (Å²) in [6.07, 6.45) is -11.2. The van der Waals surface area contributed by atoms with Crippen molar-refractivity contribution in [2.45, 2.75) is 18.5 Å². The molecule has 0 radical (unpaired) electrons. The summed E-state index contributed by atoms with van der Waals surface area (Å²) in [4.78, 5) is 19.1. The molecule has 11 heteroatoms. The molecule has 4 nitrogen and oxygen atoms in total. The van der Waals surface area contributed by atoms with E-state index in [4.69, 9.17) is 0 Å². The third-order valence-corrected chi connectivity index (χ3v) is 1.40. The Morgan fingerprint density at radius 2 is 1.44 bits per heavy atom. The molecule has 0 spiro atoms. The van der Waals surface area contributed by atoms with Gasteiger partial charge in [0.2, 0.25) is 0 Å². The molecule has 0 aromatic rings. The molecule has 0 amide bonds. The molecule has 98 valence electrons. The van der Waals surface area contributed by atoms with Crippen LogP contribution < -0.4 is 9.79 Å². The molecule has 0 aliphatic carbocycles. The number of phosphoric acid groups is 1. The molecule has 1 unspecified atom stereocenters. The van der Waals surface area contributed by atoms with Crippen LogP contribution in [0.2, 0.25) is 0 Å². The van der Waals surface area contributed by atoms with Gasteiger partial charge < -0.3 is 18.9 Å². The maximum atomic E-state index is 12.2. The van der Waals surface area contributed by atoms with E-state index in [1.165, 1.54) is 0 Å². The topological polar surface area (TPSA) is 72.4 Å². The summed E-state index contributed by atoms with van der Waals surface area (Å²) in [7, 11) is -6.51. The molecule has 0 bridgehead atoms. The fourth-order valence-corrected chi connectivity index (χ4v) is 0.887. The van der Waals surface area contributed by atoms with Crippen molar-refractivity contribution in [1.82, 2.24) is 0 Å². The van der Waals surface area contributed by atoms with Crippen LogP contribution in [0.1, 0.15) is 0 Å². The highest BCUT2D eigenvalue weighted by Gasteiger charge is 2.65. The van der Waals surface area contributed by atoms with Gasteiger partial charge in [-0.1, -0.05) is 0 Å². The van der Waals surface area contributed by atoms with Crippen molar-refractivity contribution in [3.63, 3.8) is 0 Å². The van der Waals surface area contributed by atoms with Crippen LogP contribution in [0.4, 0.5) is 26.3 Å². The van der Waals surface area contributed by atoms with Crippen LogP contribution in [-0.2, 0) is 9.09 Å². The van der Waals surface area contributed by atoms with Gasteiger partial charge in [0.05, 0.1) is 7.82 Å². The lowest BCUT2D eigenvalue weighted by Crippen LogP contribution is -2.50. The molecule has 0 saturated carbocycles. The van der Waals surface area contributed by atoms with Crippen LogP contribution in [0.3, 0.4) is 0 Å². The van der Waals surface area contributed by atoms with Gasteiger partial charge in [0, 0.05) is 0 Å². The Bertz CT molecular complexity index is 262. The van der Waals surface area contributed by atoms with E-state index in [1.807, 2.05) is 0 Å². The lowest BCUT2D eigenvalue weighted by molar-refractivity contribution is -0.401. The van der Waals surface area contributed by atoms with E-state index in [1.54, 1.807) is 0 Å². The summed E-state index contributed by atoms with van der Waals surface area (Å²) in [5, 5.41) is 0. The summed E-state index contributed by atoms with van der Waals surface area (Å²) >= 11 is 0. The molecule has 16 heavy (non-hydrogen) atoms. The van der Waals surface area contributed by atoms with Gasteiger partial charge in [0.15, 0.2) is 0 Å². The van der Waals surface area contributed by atoms with E-state index < -0.39 is 26.3 Å². The predicted molar refractivity (Wildman–Crippen MR) is 35.8 cm³/mol. The zero-order valence-electron chi connectivity index (χ0n) is 7.34. The third-order valence-electron chi connectivity index (χ3n) is 0.912. The number of rotatable bonds is 3. The van der Waals surface area contributed by atoms with Crippen molar-refractivity contribution in [3.8, 4) is 0 Å². The Morgan fingerprint density at radius 1 is 1.12 bits per heavy atom. The van der Waals surface area contributed by atoms with Crippen molar-refractivity contribution in [3.05, 3.63) is 13.2 Å². The molecular formula is C5H5F6O4P-2. The van der Waals surface area contributed by atoms with E-state index in [0.29, 0.717) is 0 Å². The first-order chi connectivity index (χ1) is 6.90. The van der Waals surface area contributed by atoms with Crippen LogP contribution in [0.5, 0.6) is 0 Å². The lowest BCUT2D eigenvalue weighted by atomic mass is 10.3. The monoisotopic (exact) mass is 274 g/mol. The molecule has 0 aliphatic rings. The Labute approximate surface area is 85.8 Å². The van der Waals surface area contributed by atoms with Gasteiger partial charge >= 0.3 is 18.5 Å². The van der Waals surface area contributed by atoms with Gasteiger partial charge in [-0.2, -0.15) is 17.6 Å². The van der Waals surface area contributed by atoms with Gasteiger partial charge in [0.1, 0.15) is 0 Å². The average molecular weight is 274 g/mol. The molecule has 0 saturated heterocycles. The minimum Gasteiger partial charge on any atom is -0.790 e. The molecule has 0 heterocycles. The van der Waals surface area contributed by atoms with E-state index in [-0.39, 0.29) is 0 Å². The van der Waals surface area contributed by atoms with Crippen molar-refractivity contribution >= 4 is 7.82 Å². The van der Waals surface area contributed by atoms with Crippen LogP contribution in [0.15, 0.2) is 13.2 Å². The quantitative estimate of drug-likeness (QED) is 0.439. The molecule has 0 aliphatic heterocycles. The Balaban J connectivity index is 0. The first-order valence-electron chi connectivity index (χ1n) is 3.17. The highest BCUT2D eigenvalue weighted by molar-refractivity contribution is 7.43. The second-order valence-corrected chi connectivity index (χ2v) is 3.06. The van der Waals surface area contributed by atoms with Gasteiger partial charge in [-0.3, -0.25) is 0 Å². The van der Waals surface area contributed by atoms with Crippen LogP contribution in [-0.4, -0.2) is 18.5 Å². The Hall–Kier alpha value is -0.570. The maximum absolute atomic E-state index is 12.2. The second kappa shape index (κ2) is 5.67. The summed E-state index contributed by atoms with van der Waals surface area (Å²) < 4.78 is 81.5. The van der Waals surface area contributed by atoms with Gasteiger partial charge in [-0.25, -0.2) is 8.78 Å². The van der Waals surface area contributed by atoms with Crippen molar-refractivity contribution in [1.29, 1.82) is 0 Å². The highest BCUT2D eigenvalue weighted by Crippen LogP contribution is 2.47. The third kappa shape index (κ3) is 4.97. The number of hydrogen-bond donors (Lipinski definition) is 0. The zero-order chi connectivity index (χ0) is 13.8. The number of phosphoric ester groups is 1. The summed E-state index contributed by atoms with van der Waals surface area (Å²) in [5.74, 6) is -5.80. The van der Waals surface area contributed by atoms with Crippen molar-refractivity contribution in [2.75, 3.05) is 0 Å². The zero-order valence-corrected chi connectivity index (χ0v) is 8.23. The molecule has 0 aromatic heterocycles. The number of halogens is 6. The standard InChI is InChI=1S/C3H3F6O4P.C2H4/c4-1(5)2(6,3(7,8)9)13-14(10,11)12;1-2/h1H,(H2,10,11,12);1-2H2/p-2. The lowest BCUT2D eigenvalue weighted by Gasteiger charge is -2.37. The Kier molecular flexibility index (Phi) is 6.31. The van der Waals surface area contributed by atoms with Crippen LogP contribution in [0.25, 0.3) is 0 Å². The molecule has 1 atom stereocenters. The molecule has 0 aromatic carbocycles. The Morgan fingerprint density at radius 3 is 1.50 bits per heavy atom. The van der Waals surface area contributed by atoms with E-state index in [2.05, 4.69) is 17.7 Å².